The highest BCUT2D eigenvalue weighted by Gasteiger charge is 2.28. The minimum atomic E-state index is -1.05. The van der Waals surface area contributed by atoms with E-state index in [1.54, 1.807) is 12.3 Å². The summed E-state index contributed by atoms with van der Waals surface area (Å²) in [6, 6.07) is 20.7. The van der Waals surface area contributed by atoms with Gasteiger partial charge in [0.05, 0.1) is 11.9 Å². The molecule has 7 nitrogen and oxygen atoms in total. The maximum atomic E-state index is 14.4. The molecule has 1 fully saturated rings. The lowest BCUT2D eigenvalue weighted by Crippen LogP contribution is -2.40. The van der Waals surface area contributed by atoms with Crippen molar-refractivity contribution in [3.63, 3.8) is 0 Å². The molecule has 45 heavy (non-hydrogen) atoms. The molecule has 2 N–H and O–H groups in total. The zero-order valence-electron chi connectivity index (χ0n) is 26.1. The summed E-state index contributed by atoms with van der Waals surface area (Å²) in [5.74, 6) is 1.13. The number of hydrogen-bond donors (Lipinski definition) is 2. The standard InChI is InChI=1S/C36H38FN5O2S/c1-22-30(19-23-9-16-27(17-10-23)45(4)44)28-18-11-24(37)20-32(28)31(22)21-34(43)38-25-12-14-26(15-13-25)39-36-40-33-8-6-5-7-29(33)35(41-36)42(2)3/h5-11,16-20,25-26H,12-15,21H2,1-4H3,(H,38,43)(H,39,40,41)/b30-19+. The Kier molecular flexibility index (Phi) is 8.81. The van der Waals surface area contributed by atoms with E-state index in [9.17, 15) is 13.4 Å². The number of carbonyl (C=O) groups excluding carboxylic acids is 1. The van der Waals surface area contributed by atoms with Gasteiger partial charge >= 0.3 is 0 Å². The Morgan fingerprint density at radius 1 is 0.978 bits per heavy atom. The van der Waals surface area contributed by atoms with Gasteiger partial charge in [-0.3, -0.25) is 9.00 Å². The van der Waals surface area contributed by atoms with Crippen LogP contribution in [0, 0.1) is 5.82 Å². The van der Waals surface area contributed by atoms with Gasteiger partial charge < -0.3 is 15.5 Å². The first-order valence-electron chi connectivity index (χ1n) is 15.3. The van der Waals surface area contributed by atoms with Crippen molar-refractivity contribution >= 4 is 56.6 Å². The predicted octanol–water partition coefficient (Wildman–Crippen LogP) is 6.83. The smallest absolute Gasteiger partial charge is 0.225 e. The molecule has 3 aromatic carbocycles. The van der Waals surface area contributed by atoms with Crippen LogP contribution in [0.15, 0.2) is 77.2 Å². The van der Waals surface area contributed by atoms with Crippen molar-refractivity contribution in [1.82, 2.24) is 15.3 Å². The minimum absolute atomic E-state index is 0.0551. The molecule has 0 radical (unpaired) electrons. The van der Waals surface area contributed by atoms with E-state index in [4.69, 9.17) is 9.97 Å². The highest BCUT2D eigenvalue weighted by molar-refractivity contribution is 7.84. The van der Waals surface area contributed by atoms with Crippen LogP contribution in [0.3, 0.4) is 0 Å². The Morgan fingerprint density at radius 2 is 1.69 bits per heavy atom. The molecule has 1 unspecified atom stereocenters. The molecule has 2 aliphatic carbocycles. The number of para-hydroxylation sites is 1. The molecule has 4 aromatic rings. The molecule has 2 aliphatic rings. The molecule has 0 spiro atoms. The van der Waals surface area contributed by atoms with Crippen molar-refractivity contribution in [2.75, 3.05) is 30.6 Å². The first-order valence-corrected chi connectivity index (χ1v) is 16.9. The number of rotatable bonds is 8. The summed E-state index contributed by atoms with van der Waals surface area (Å²) in [6.07, 6.45) is 7.38. The molecule has 1 amide bonds. The fourth-order valence-electron chi connectivity index (χ4n) is 6.37. The van der Waals surface area contributed by atoms with Crippen LogP contribution in [-0.2, 0) is 15.6 Å². The fourth-order valence-corrected chi connectivity index (χ4v) is 6.89. The van der Waals surface area contributed by atoms with Crippen LogP contribution in [0.1, 0.15) is 55.7 Å². The van der Waals surface area contributed by atoms with Gasteiger partial charge in [-0.2, -0.15) is 4.98 Å². The highest BCUT2D eigenvalue weighted by Crippen LogP contribution is 2.44. The molecule has 1 aromatic heterocycles. The molecule has 0 aliphatic heterocycles. The third kappa shape index (κ3) is 6.68. The van der Waals surface area contributed by atoms with Crippen molar-refractivity contribution in [2.45, 2.75) is 56.0 Å². The average Bonchev–Trinajstić information content (AvgIpc) is 3.26. The van der Waals surface area contributed by atoms with E-state index >= 15 is 0 Å². The Labute approximate surface area is 266 Å². The van der Waals surface area contributed by atoms with Gasteiger partial charge in [0.15, 0.2) is 0 Å². The second-order valence-corrected chi connectivity index (χ2v) is 13.5. The van der Waals surface area contributed by atoms with E-state index in [1.165, 1.54) is 12.1 Å². The van der Waals surface area contributed by atoms with Gasteiger partial charge in [0.2, 0.25) is 11.9 Å². The van der Waals surface area contributed by atoms with Crippen LogP contribution in [0.5, 0.6) is 0 Å². The van der Waals surface area contributed by atoms with Crippen LogP contribution in [0.25, 0.3) is 28.1 Å². The SMILES string of the molecule is CC1=C(CC(=O)NC2CCC(Nc3nc(N(C)C)c4ccccc4n3)CC2)c2cc(F)ccc2/C1=C/c1ccc(S(C)=O)cc1. The Bertz CT molecular complexity index is 1840. The number of halogens is 1. The molecule has 1 atom stereocenters. The Morgan fingerprint density at radius 3 is 2.40 bits per heavy atom. The second kappa shape index (κ2) is 12.9. The second-order valence-electron chi connectivity index (χ2n) is 12.1. The zero-order chi connectivity index (χ0) is 31.7. The number of anilines is 2. The van der Waals surface area contributed by atoms with Crippen LogP contribution in [0.2, 0.25) is 0 Å². The number of carbonyl (C=O) groups is 1. The minimum Gasteiger partial charge on any atom is -0.362 e. The molecular weight excluding hydrogens is 585 g/mol. The van der Waals surface area contributed by atoms with Crippen LogP contribution in [-0.4, -0.2) is 52.5 Å². The normalized spacial score (nSPS) is 19.4. The summed E-state index contributed by atoms with van der Waals surface area (Å²) in [6.45, 7) is 2.00. The van der Waals surface area contributed by atoms with Gasteiger partial charge in [-0.25, -0.2) is 9.37 Å². The van der Waals surface area contributed by atoms with Crippen LogP contribution < -0.4 is 15.5 Å². The van der Waals surface area contributed by atoms with Gasteiger partial charge in [0.1, 0.15) is 11.6 Å². The predicted molar refractivity (Wildman–Crippen MR) is 182 cm³/mol. The largest absolute Gasteiger partial charge is 0.362 e. The molecule has 1 saturated carbocycles. The summed E-state index contributed by atoms with van der Waals surface area (Å²) in [5.41, 5.74) is 6.33. The topological polar surface area (TPSA) is 87.2 Å². The molecule has 9 heteroatoms. The monoisotopic (exact) mass is 623 g/mol. The summed E-state index contributed by atoms with van der Waals surface area (Å²) in [7, 11) is 2.92. The first kappa shape index (κ1) is 30.6. The first-order chi connectivity index (χ1) is 21.7. The summed E-state index contributed by atoms with van der Waals surface area (Å²) < 4.78 is 26.2. The molecule has 232 valence electrons. The maximum Gasteiger partial charge on any atom is 0.225 e. The van der Waals surface area contributed by atoms with Crippen molar-refractivity contribution in [3.05, 3.63) is 94.8 Å². The van der Waals surface area contributed by atoms with E-state index in [0.29, 0.717) is 5.95 Å². The van der Waals surface area contributed by atoms with Crippen molar-refractivity contribution in [2.24, 2.45) is 0 Å². The van der Waals surface area contributed by atoms with E-state index in [-0.39, 0.29) is 30.2 Å². The lowest BCUT2D eigenvalue weighted by atomic mass is 9.91. The lowest BCUT2D eigenvalue weighted by molar-refractivity contribution is -0.121. The number of fused-ring (bicyclic) bond motifs is 2. The average molecular weight is 624 g/mol. The third-order valence-electron chi connectivity index (χ3n) is 8.75. The lowest BCUT2D eigenvalue weighted by Gasteiger charge is -2.30. The number of hydrogen-bond acceptors (Lipinski definition) is 6. The van der Waals surface area contributed by atoms with Gasteiger partial charge in [-0.05, 0) is 108 Å². The number of amides is 1. The molecule has 1 heterocycles. The van der Waals surface area contributed by atoms with Crippen LogP contribution >= 0.6 is 0 Å². The summed E-state index contributed by atoms with van der Waals surface area (Å²) in [5, 5.41) is 7.79. The van der Waals surface area contributed by atoms with Crippen molar-refractivity contribution < 1.29 is 13.4 Å². The van der Waals surface area contributed by atoms with Gasteiger partial charge in [0, 0.05) is 53.5 Å². The van der Waals surface area contributed by atoms with Gasteiger partial charge in [0.25, 0.3) is 0 Å². The molecule has 0 saturated heterocycles. The molecule has 6 rings (SSSR count). The van der Waals surface area contributed by atoms with E-state index in [2.05, 4.69) is 10.6 Å². The van der Waals surface area contributed by atoms with E-state index in [1.807, 2.05) is 80.5 Å². The third-order valence-corrected chi connectivity index (χ3v) is 9.68. The van der Waals surface area contributed by atoms with Gasteiger partial charge in [-0.15, -0.1) is 0 Å². The summed E-state index contributed by atoms with van der Waals surface area (Å²) in [4.78, 5) is 25.6. The molecular formula is C36H38FN5O2S. The number of aromatic nitrogens is 2. The maximum absolute atomic E-state index is 14.4. The van der Waals surface area contributed by atoms with Crippen molar-refractivity contribution in [3.8, 4) is 0 Å². The van der Waals surface area contributed by atoms with E-state index < -0.39 is 10.8 Å². The summed E-state index contributed by atoms with van der Waals surface area (Å²) >= 11 is 0. The van der Waals surface area contributed by atoms with Crippen LogP contribution in [0.4, 0.5) is 16.2 Å². The number of benzene rings is 3. The molecule has 0 bridgehead atoms. The zero-order valence-corrected chi connectivity index (χ0v) is 26.9. The van der Waals surface area contributed by atoms with Gasteiger partial charge in [-0.1, -0.05) is 30.3 Å². The van der Waals surface area contributed by atoms with E-state index in [0.717, 1.165) is 80.7 Å². The number of nitrogens with one attached hydrogen (secondary N) is 2. The quantitative estimate of drug-likeness (QED) is 0.224. The fraction of sp³-hybridized carbons (Fsp3) is 0.306. The Balaban J connectivity index is 1.11. The highest BCUT2D eigenvalue weighted by atomic mass is 32.2. The Hall–Kier alpha value is -4.37. The van der Waals surface area contributed by atoms with Crippen molar-refractivity contribution in [1.29, 1.82) is 0 Å². The number of nitrogens with zero attached hydrogens (tertiary/aromatic N) is 3. The number of allylic oxidation sites excluding steroid dienone is 2.